The fourth-order valence-corrected chi connectivity index (χ4v) is 2.37. The van der Waals surface area contributed by atoms with E-state index in [1.54, 1.807) is 33.5 Å². The summed E-state index contributed by atoms with van der Waals surface area (Å²) in [4.78, 5) is 0. The molecule has 0 aliphatic rings. The van der Waals surface area contributed by atoms with E-state index in [9.17, 15) is 10.2 Å². The molecule has 0 fully saturated rings. The lowest BCUT2D eigenvalue weighted by atomic mass is 10.0. The highest BCUT2D eigenvalue weighted by molar-refractivity contribution is 5.54. The van der Waals surface area contributed by atoms with Crippen LogP contribution >= 0.6 is 0 Å². The maximum absolute atomic E-state index is 9.51. The van der Waals surface area contributed by atoms with Crippen molar-refractivity contribution in [2.45, 2.75) is 12.8 Å². The molecule has 0 spiro atoms. The lowest BCUT2D eigenvalue weighted by Gasteiger charge is -2.14. The van der Waals surface area contributed by atoms with Gasteiger partial charge in [0.25, 0.3) is 0 Å². The summed E-state index contributed by atoms with van der Waals surface area (Å²) < 4.78 is 15.9. The lowest BCUT2D eigenvalue weighted by Crippen LogP contribution is -1.98. The summed E-state index contributed by atoms with van der Waals surface area (Å²) in [6, 6.07) is 8.37. The third kappa shape index (κ3) is 3.55. The molecule has 0 unspecified atom stereocenters. The van der Waals surface area contributed by atoms with Gasteiger partial charge in [-0.25, -0.2) is 0 Å². The molecule has 0 radical (unpaired) electrons. The molecular weight excluding hydrogens is 284 g/mol. The highest BCUT2D eigenvalue weighted by atomic mass is 16.5. The molecular formula is C17H20O5. The van der Waals surface area contributed by atoms with Gasteiger partial charge in [0.1, 0.15) is 11.5 Å². The number of hydrogen-bond acceptors (Lipinski definition) is 5. The Morgan fingerprint density at radius 3 is 1.55 bits per heavy atom. The summed E-state index contributed by atoms with van der Waals surface area (Å²) >= 11 is 0. The van der Waals surface area contributed by atoms with E-state index in [2.05, 4.69) is 0 Å². The standard InChI is InChI=1S/C17H20O5/c1-20-15-8-12(9-16(21-2)17(15)22-3)5-4-11-6-13(18)10-14(19)7-11/h6-10,18-19H,4-5H2,1-3H3. The molecule has 0 atom stereocenters. The van der Waals surface area contributed by atoms with Crippen molar-refractivity contribution in [2.24, 2.45) is 0 Å². The molecule has 5 nitrogen and oxygen atoms in total. The smallest absolute Gasteiger partial charge is 0.203 e. The molecule has 0 aromatic heterocycles. The summed E-state index contributed by atoms with van der Waals surface area (Å²) in [5, 5.41) is 19.0. The molecule has 2 rings (SSSR count). The molecule has 0 saturated carbocycles. The maximum Gasteiger partial charge on any atom is 0.203 e. The van der Waals surface area contributed by atoms with Gasteiger partial charge < -0.3 is 24.4 Å². The van der Waals surface area contributed by atoms with Gasteiger partial charge in [-0.15, -0.1) is 0 Å². The Kier molecular flexibility index (Phi) is 4.99. The molecule has 0 bridgehead atoms. The van der Waals surface area contributed by atoms with E-state index in [-0.39, 0.29) is 11.5 Å². The Balaban J connectivity index is 2.22. The van der Waals surface area contributed by atoms with E-state index in [0.717, 1.165) is 11.1 Å². The quantitative estimate of drug-likeness (QED) is 0.859. The molecule has 2 N–H and O–H groups in total. The van der Waals surface area contributed by atoms with Gasteiger partial charge in [-0.1, -0.05) is 0 Å². The monoisotopic (exact) mass is 304 g/mol. The number of aromatic hydroxyl groups is 2. The SMILES string of the molecule is COc1cc(CCc2cc(O)cc(O)c2)cc(OC)c1OC. The second kappa shape index (κ2) is 6.93. The zero-order valence-corrected chi connectivity index (χ0v) is 12.9. The Hall–Kier alpha value is -2.56. The summed E-state index contributed by atoms with van der Waals surface area (Å²) in [5.41, 5.74) is 1.86. The van der Waals surface area contributed by atoms with Crippen LogP contribution in [0.15, 0.2) is 30.3 Å². The van der Waals surface area contributed by atoms with Crippen LogP contribution in [0.2, 0.25) is 0 Å². The van der Waals surface area contributed by atoms with Gasteiger partial charge in [0.05, 0.1) is 21.3 Å². The van der Waals surface area contributed by atoms with E-state index in [1.165, 1.54) is 6.07 Å². The largest absolute Gasteiger partial charge is 0.508 e. The number of ether oxygens (including phenoxy) is 3. The first-order valence-electron chi connectivity index (χ1n) is 6.88. The van der Waals surface area contributed by atoms with E-state index in [0.29, 0.717) is 30.1 Å². The normalized spacial score (nSPS) is 10.3. The molecule has 0 heterocycles. The molecule has 0 amide bonds. The zero-order valence-electron chi connectivity index (χ0n) is 12.9. The number of rotatable bonds is 6. The molecule has 0 aliphatic heterocycles. The van der Waals surface area contributed by atoms with Crippen molar-refractivity contribution in [2.75, 3.05) is 21.3 Å². The van der Waals surface area contributed by atoms with Gasteiger partial charge in [0, 0.05) is 6.07 Å². The van der Waals surface area contributed by atoms with Crippen LogP contribution < -0.4 is 14.2 Å². The topological polar surface area (TPSA) is 68.2 Å². The summed E-state index contributed by atoms with van der Waals surface area (Å²) in [7, 11) is 4.72. The molecule has 2 aromatic carbocycles. The van der Waals surface area contributed by atoms with Crippen LogP contribution in [0.1, 0.15) is 11.1 Å². The predicted octanol–water partition coefficient (Wildman–Crippen LogP) is 2.91. The molecule has 0 aliphatic carbocycles. The van der Waals surface area contributed by atoms with Crippen molar-refractivity contribution < 1.29 is 24.4 Å². The summed E-state index contributed by atoms with van der Waals surface area (Å²) in [6.07, 6.45) is 1.38. The van der Waals surface area contributed by atoms with E-state index < -0.39 is 0 Å². The molecule has 118 valence electrons. The first kappa shape index (κ1) is 15.8. The van der Waals surface area contributed by atoms with Gasteiger partial charge in [-0.2, -0.15) is 0 Å². The van der Waals surface area contributed by atoms with Crippen LogP contribution in [-0.4, -0.2) is 31.5 Å². The zero-order chi connectivity index (χ0) is 16.1. The number of aryl methyl sites for hydroxylation is 2. The summed E-state index contributed by atoms with van der Waals surface area (Å²) in [5.74, 6) is 1.88. The van der Waals surface area contributed by atoms with Gasteiger partial charge in [-0.05, 0) is 48.2 Å². The van der Waals surface area contributed by atoms with Crippen LogP contribution in [0.25, 0.3) is 0 Å². The molecule has 22 heavy (non-hydrogen) atoms. The van der Waals surface area contributed by atoms with E-state index in [4.69, 9.17) is 14.2 Å². The third-order valence-corrected chi connectivity index (χ3v) is 3.39. The van der Waals surface area contributed by atoms with Gasteiger partial charge in [0.15, 0.2) is 11.5 Å². The number of methoxy groups -OCH3 is 3. The van der Waals surface area contributed by atoms with Crippen molar-refractivity contribution in [3.05, 3.63) is 41.5 Å². The highest BCUT2D eigenvalue weighted by Gasteiger charge is 2.13. The van der Waals surface area contributed by atoms with Crippen molar-refractivity contribution in [1.82, 2.24) is 0 Å². The van der Waals surface area contributed by atoms with Crippen molar-refractivity contribution in [1.29, 1.82) is 0 Å². The van der Waals surface area contributed by atoms with Crippen LogP contribution in [0.5, 0.6) is 28.7 Å². The number of phenolic OH excluding ortho intramolecular Hbond substituents is 2. The highest BCUT2D eigenvalue weighted by Crippen LogP contribution is 2.38. The number of phenols is 2. The Labute approximate surface area is 129 Å². The van der Waals surface area contributed by atoms with E-state index in [1.807, 2.05) is 12.1 Å². The van der Waals surface area contributed by atoms with Crippen molar-refractivity contribution in [3.8, 4) is 28.7 Å². The molecule has 2 aromatic rings. The fraction of sp³-hybridized carbons (Fsp3) is 0.294. The minimum Gasteiger partial charge on any atom is -0.508 e. The van der Waals surface area contributed by atoms with Gasteiger partial charge in [-0.3, -0.25) is 0 Å². The van der Waals surface area contributed by atoms with Gasteiger partial charge >= 0.3 is 0 Å². The number of benzene rings is 2. The first-order valence-corrected chi connectivity index (χ1v) is 6.88. The Bertz CT molecular complexity index is 606. The Morgan fingerprint density at radius 1 is 0.682 bits per heavy atom. The van der Waals surface area contributed by atoms with Crippen molar-refractivity contribution >= 4 is 0 Å². The van der Waals surface area contributed by atoms with E-state index >= 15 is 0 Å². The first-order chi connectivity index (χ1) is 10.6. The lowest BCUT2D eigenvalue weighted by molar-refractivity contribution is 0.324. The maximum atomic E-state index is 9.51. The fourth-order valence-electron chi connectivity index (χ4n) is 2.37. The minimum atomic E-state index is 0.0555. The van der Waals surface area contributed by atoms with Crippen LogP contribution in [0.4, 0.5) is 0 Å². The minimum absolute atomic E-state index is 0.0555. The van der Waals surface area contributed by atoms with Crippen LogP contribution in [-0.2, 0) is 12.8 Å². The predicted molar refractivity (Wildman–Crippen MR) is 83.3 cm³/mol. The van der Waals surface area contributed by atoms with Gasteiger partial charge in [0.2, 0.25) is 5.75 Å². The van der Waals surface area contributed by atoms with Crippen LogP contribution in [0.3, 0.4) is 0 Å². The van der Waals surface area contributed by atoms with Crippen molar-refractivity contribution in [3.63, 3.8) is 0 Å². The second-order valence-electron chi connectivity index (χ2n) is 4.89. The summed E-state index contributed by atoms with van der Waals surface area (Å²) in [6.45, 7) is 0. The molecule has 5 heteroatoms. The second-order valence-corrected chi connectivity index (χ2v) is 4.89. The average molecular weight is 304 g/mol. The molecule has 0 saturated heterocycles. The Morgan fingerprint density at radius 2 is 1.14 bits per heavy atom. The average Bonchev–Trinajstić information content (AvgIpc) is 2.50. The van der Waals surface area contributed by atoms with Crippen LogP contribution in [0, 0.1) is 0 Å². The third-order valence-electron chi connectivity index (χ3n) is 3.39. The number of hydrogen-bond donors (Lipinski definition) is 2.